The lowest BCUT2D eigenvalue weighted by Crippen LogP contribution is -2.28. The molecule has 0 aliphatic rings. The number of carbonyl (C=O) groups is 1. The number of oxazole rings is 1. The minimum atomic E-state index is 0.0112. The highest BCUT2D eigenvalue weighted by atomic mass is 16.5. The minimum Gasteiger partial charge on any atom is -0.489 e. The molecule has 2 heterocycles. The van der Waals surface area contributed by atoms with E-state index in [4.69, 9.17) is 9.15 Å². The smallest absolute Gasteiger partial charge is 0.244 e. The molecule has 0 aliphatic carbocycles. The summed E-state index contributed by atoms with van der Waals surface area (Å²) in [6.45, 7) is 3.37. The monoisotopic (exact) mass is 415 g/mol. The summed E-state index contributed by atoms with van der Waals surface area (Å²) in [4.78, 5) is 16.6. The van der Waals surface area contributed by atoms with Crippen LogP contribution in [0.5, 0.6) is 5.75 Å². The molecule has 0 aliphatic heterocycles. The molecule has 0 bridgehead atoms. The summed E-state index contributed by atoms with van der Waals surface area (Å²) < 4.78 is 13.3. The van der Waals surface area contributed by atoms with Crippen LogP contribution in [-0.2, 0) is 13.0 Å². The standard InChI is InChI=1S/C25H25N3O3/c1-19-23(13-14-26-17-24(29)28-15-5-6-16-28)27-25(31-19)21-9-11-22(12-10-21)30-18-20-7-3-2-4-8-20/h2-12,15-16,26H,13-14,17-18H2,1H3. The number of hydrogen-bond acceptors (Lipinski definition) is 5. The number of aryl methyl sites for hydroxylation is 1. The molecule has 0 atom stereocenters. The molecule has 4 aromatic rings. The first-order valence-corrected chi connectivity index (χ1v) is 10.3. The third kappa shape index (κ3) is 5.49. The van der Waals surface area contributed by atoms with E-state index in [0.717, 1.165) is 28.3 Å². The van der Waals surface area contributed by atoms with Crippen LogP contribution >= 0.6 is 0 Å². The number of nitrogens with zero attached hydrogens (tertiary/aromatic N) is 2. The lowest BCUT2D eigenvalue weighted by Gasteiger charge is -2.06. The van der Waals surface area contributed by atoms with E-state index in [1.165, 1.54) is 0 Å². The largest absolute Gasteiger partial charge is 0.489 e. The van der Waals surface area contributed by atoms with Gasteiger partial charge < -0.3 is 14.5 Å². The molecule has 0 saturated heterocycles. The van der Waals surface area contributed by atoms with Gasteiger partial charge in [0.15, 0.2) is 0 Å². The summed E-state index contributed by atoms with van der Waals surface area (Å²) in [5.41, 5.74) is 2.92. The molecule has 4 rings (SSSR count). The van der Waals surface area contributed by atoms with Crippen LogP contribution in [0.3, 0.4) is 0 Å². The SMILES string of the molecule is Cc1oc(-c2ccc(OCc3ccccc3)cc2)nc1CCNCC(=O)n1cccc1. The van der Waals surface area contributed by atoms with Crippen molar-refractivity contribution in [1.29, 1.82) is 0 Å². The highest BCUT2D eigenvalue weighted by Crippen LogP contribution is 2.24. The molecule has 2 aromatic heterocycles. The van der Waals surface area contributed by atoms with E-state index in [0.29, 0.717) is 25.5 Å². The Bertz CT molecular complexity index is 1100. The first kappa shape index (κ1) is 20.6. The Morgan fingerprint density at radius 2 is 1.77 bits per heavy atom. The van der Waals surface area contributed by atoms with Crippen molar-refractivity contribution in [2.75, 3.05) is 13.1 Å². The molecule has 2 aromatic carbocycles. The molecule has 0 spiro atoms. The number of aromatic nitrogens is 2. The summed E-state index contributed by atoms with van der Waals surface area (Å²) >= 11 is 0. The second-order valence-electron chi connectivity index (χ2n) is 7.23. The molecule has 158 valence electrons. The summed E-state index contributed by atoms with van der Waals surface area (Å²) in [7, 11) is 0. The fourth-order valence-corrected chi connectivity index (χ4v) is 3.21. The molecule has 0 amide bonds. The predicted molar refractivity (Wildman–Crippen MR) is 119 cm³/mol. The van der Waals surface area contributed by atoms with Gasteiger partial charge in [0.2, 0.25) is 11.8 Å². The normalized spacial score (nSPS) is 10.9. The van der Waals surface area contributed by atoms with Crippen LogP contribution < -0.4 is 10.1 Å². The molecule has 6 nitrogen and oxygen atoms in total. The lowest BCUT2D eigenvalue weighted by atomic mass is 10.2. The number of ether oxygens (including phenoxy) is 1. The molecule has 0 unspecified atom stereocenters. The van der Waals surface area contributed by atoms with Crippen LogP contribution in [0.15, 0.2) is 83.5 Å². The van der Waals surface area contributed by atoms with Crippen molar-refractivity contribution in [1.82, 2.24) is 14.9 Å². The molecule has 0 radical (unpaired) electrons. The molecule has 0 saturated carbocycles. The third-order valence-corrected chi connectivity index (χ3v) is 4.95. The van der Waals surface area contributed by atoms with Crippen molar-refractivity contribution in [3.63, 3.8) is 0 Å². The van der Waals surface area contributed by atoms with Crippen LogP contribution in [0.1, 0.15) is 21.8 Å². The first-order valence-electron chi connectivity index (χ1n) is 10.3. The zero-order chi connectivity index (χ0) is 21.5. The molecular formula is C25H25N3O3. The minimum absolute atomic E-state index is 0.0112. The van der Waals surface area contributed by atoms with Gasteiger partial charge in [-0.25, -0.2) is 4.98 Å². The quantitative estimate of drug-likeness (QED) is 0.408. The molecule has 31 heavy (non-hydrogen) atoms. The van der Waals surface area contributed by atoms with E-state index in [1.807, 2.05) is 73.7 Å². The summed E-state index contributed by atoms with van der Waals surface area (Å²) in [6.07, 6.45) is 4.18. The maximum absolute atomic E-state index is 12.0. The summed E-state index contributed by atoms with van der Waals surface area (Å²) in [5.74, 6) is 2.19. The van der Waals surface area contributed by atoms with E-state index in [9.17, 15) is 4.79 Å². The van der Waals surface area contributed by atoms with Gasteiger partial charge in [0, 0.05) is 30.9 Å². The third-order valence-electron chi connectivity index (χ3n) is 4.95. The predicted octanol–water partition coefficient (Wildman–Crippen LogP) is 4.50. The average molecular weight is 415 g/mol. The summed E-state index contributed by atoms with van der Waals surface area (Å²) in [6, 6.07) is 21.5. The van der Waals surface area contributed by atoms with E-state index in [1.54, 1.807) is 17.0 Å². The Hall–Kier alpha value is -3.64. The van der Waals surface area contributed by atoms with Crippen LogP contribution in [0.2, 0.25) is 0 Å². The zero-order valence-corrected chi connectivity index (χ0v) is 17.5. The van der Waals surface area contributed by atoms with Gasteiger partial charge >= 0.3 is 0 Å². The van der Waals surface area contributed by atoms with Crippen molar-refractivity contribution in [2.45, 2.75) is 20.0 Å². The molecule has 6 heteroatoms. The maximum Gasteiger partial charge on any atom is 0.244 e. The van der Waals surface area contributed by atoms with Crippen molar-refractivity contribution < 1.29 is 13.9 Å². The lowest BCUT2D eigenvalue weighted by molar-refractivity contribution is 0.0913. The van der Waals surface area contributed by atoms with E-state index in [2.05, 4.69) is 10.3 Å². The average Bonchev–Trinajstić information content (AvgIpc) is 3.47. The first-order chi connectivity index (χ1) is 15.2. The van der Waals surface area contributed by atoms with Crippen LogP contribution in [0.25, 0.3) is 11.5 Å². The van der Waals surface area contributed by atoms with Crippen molar-refractivity contribution in [3.8, 4) is 17.2 Å². The van der Waals surface area contributed by atoms with Gasteiger partial charge in [-0.15, -0.1) is 0 Å². The highest BCUT2D eigenvalue weighted by molar-refractivity contribution is 5.80. The molecular weight excluding hydrogens is 390 g/mol. The Morgan fingerprint density at radius 3 is 2.52 bits per heavy atom. The Balaban J connectivity index is 1.29. The fourth-order valence-electron chi connectivity index (χ4n) is 3.21. The Morgan fingerprint density at radius 1 is 1.03 bits per heavy atom. The van der Waals surface area contributed by atoms with Crippen molar-refractivity contribution >= 4 is 5.91 Å². The van der Waals surface area contributed by atoms with Gasteiger partial charge in [0.25, 0.3) is 0 Å². The van der Waals surface area contributed by atoms with Crippen molar-refractivity contribution in [2.24, 2.45) is 0 Å². The van der Waals surface area contributed by atoms with E-state index in [-0.39, 0.29) is 12.5 Å². The number of benzene rings is 2. The Kier molecular flexibility index (Phi) is 6.59. The number of rotatable bonds is 9. The second kappa shape index (κ2) is 9.91. The Labute approximate surface area is 181 Å². The van der Waals surface area contributed by atoms with Crippen LogP contribution in [-0.4, -0.2) is 28.5 Å². The highest BCUT2D eigenvalue weighted by Gasteiger charge is 2.12. The van der Waals surface area contributed by atoms with E-state index < -0.39 is 0 Å². The van der Waals surface area contributed by atoms with Gasteiger partial charge in [0.1, 0.15) is 18.1 Å². The van der Waals surface area contributed by atoms with Crippen LogP contribution in [0, 0.1) is 6.92 Å². The second-order valence-corrected chi connectivity index (χ2v) is 7.23. The van der Waals surface area contributed by atoms with E-state index >= 15 is 0 Å². The van der Waals surface area contributed by atoms with Gasteiger partial charge in [-0.2, -0.15) is 0 Å². The van der Waals surface area contributed by atoms with Gasteiger partial charge in [-0.3, -0.25) is 9.36 Å². The zero-order valence-electron chi connectivity index (χ0n) is 17.5. The van der Waals surface area contributed by atoms with Gasteiger partial charge in [0.05, 0.1) is 12.2 Å². The van der Waals surface area contributed by atoms with Crippen molar-refractivity contribution in [3.05, 3.63) is 96.1 Å². The maximum atomic E-state index is 12.0. The molecule has 0 fully saturated rings. The van der Waals surface area contributed by atoms with Gasteiger partial charge in [-0.05, 0) is 48.9 Å². The fraction of sp³-hybridized carbons (Fsp3) is 0.200. The number of nitrogens with one attached hydrogen (secondary N) is 1. The number of carbonyl (C=O) groups excluding carboxylic acids is 1. The number of hydrogen-bond donors (Lipinski definition) is 1. The summed E-state index contributed by atoms with van der Waals surface area (Å²) in [5, 5.41) is 3.16. The topological polar surface area (TPSA) is 69.3 Å². The van der Waals surface area contributed by atoms with Gasteiger partial charge in [-0.1, -0.05) is 30.3 Å². The van der Waals surface area contributed by atoms with Crippen LogP contribution in [0.4, 0.5) is 0 Å². The molecule has 1 N–H and O–H groups in total.